The van der Waals surface area contributed by atoms with Gasteiger partial charge in [-0.05, 0) is 19.0 Å². The van der Waals surface area contributed by atoms with E-state index in [1.165, 1.54) is 5.56 Å². The molecule has 1 nitrogen and oxygen atoms in total. The molecule has 1 aromatic carbocycles. The van der Waals surface area contributed by atoms with Crippen LogP contribution in [-0.2, 0) is 6.54 Å². The summed E-state index contributed by atoms with van der Waals surface area (Å²) in [7, 11) is 0. The fourth-order valence-electron chi connectivity index (χ4n) is 1.50. The van der Waals surface area contributed by atoms with Crippen molar-refractivity contribution in [2.75, 3.05) is 13.1 Å². The Hall–Kier alpha value is -0.530. The number of nitrogens with zero attached hydrogens (tertiary/aromatic N) is 1. The smallest absolute Gasteiger partial charge is 0.0435 e. The van der Waals surface area contributed by atoms with Crippen LogP contribution in [0.3, 0.4) is 0 Å². The summed E-state index contributed by atoms with van der Waals surface area (Å²) in [5.74, 6) is 0. The lowest BCUT2D eigenvalue weighted by molar-refractivity contribution is 0.283. The fraction of sp³-hybridized carbons (Fsp3) is 0.500. The molecular weight excluding hydrogens is 194 g/mol. The van der Waals surface area contributed by atoms with Gasteiger partial charge in [0, 0.05) is 18.5 Å². The van der Waals surface area contributed by atoms with Crippen LogP contribution in [0.2, 0.25) is 0 Å². The molecule has 1 unspecified atom stereocenters. The van der Waals surface area contributed by atoms with Gasteiger partial charge in [0.2, 0.25) is 0 Å². The van der Waals surface area contributed by atoms with E-state index in [9.17, 15) is 0 Å². The second kappa shape index (κ2) is 6.05. The molecule has 0 aliphatic carbocycles. The lowest BCUT2D eigenvalue weighted by Crippen LogP contribution is -2.28. The first-order valence-electron chi connectivity index (χ1n) is 5.12. The molecule has 1 atom stereocenters. The van der Waals surface area contributed by atoms with E-state index in [4.69, 9.17) is 11.6 Å². The maximum atomic E-state index is 5.98. The standard InChI is InChI=1S/C12H18ClN/c1-3-14(9-11(2)13)10-12-7-5-4-6-8-12/h4-8,11H,3,9-10H2,1-2H3. The van der Waals surface area contributed by atoms with Gasteiger partial charge in [0.15, 0.2) is 0 Å². The summed E-state index contributed by atoms with van der Waals surface area (Å²) >= 11 is 5.98. The van der Waals surface area contributed by atoms with Gasteiger partial charge in [-0.1, -0.05) is 37.3 Å². The normalized spacial score (nSPS) is 13.1. The lowest BCUT2D eigenvalue weighted by Gasteiger charge is -2.21. The molecule has 0 bridgehead atoms. The molecule has 0 aliphatic rings. The third-order valence-corrected chi connectivity index (χ3v) is 2.34. The molecule has 2 heteroatoms. The van der Waals surface area contributed by atoms with Crippen molar-refractivity contribution in [2.45, 2.75) is 25.8 Å². The van der Waals surface area contributed by atoms with Gasteiger partial charge in [-0.2, -0.15) is 0 Å². The summed E-state index contributed by atoms with van der Waals surface area (Å²) in [5.41, 5.74) is 1.35. The molecule has 14 heavy (non-hydrogen) atoms. The van der Waals surface area contributed by atoms with E-state index < -0.39 is 0 Å². The SMILES string of the molecule is CCN(Cc1ccccc1)CC(C)Cl. The Morgan fingerprint density at radius 3 is 2.43 bits per heavy atom. The van der Waals surface area contributed by atoms with E-state index in [2.05, 4.69) is 36.1 Å². The summed E-state index contributed by atoms with van der Waals surface area (Å²) in [6, 6.07) is 10.5. The summed E-state index contributed by atoms with van der Waals surface area (Å²) in [6.45, 7) is 7.20. The molecule has 0 saturated heterocycles. The highest BCUT2D eigenvalue weighted by atomic mass is 35.5. The zero-order chi connectivity index (χ0) is 10.4. The van der Waals surface area contributed by atoms with Crippen molar-refractivity contribution in [3.8, 4) is 0 Å². The molecule has 0 heterocycles. The van der Waals surface area contributed by atoms with E-state index in [-0.39, 0.29) is 5.38 Å². The molecule has 0 fully saturated rings. The molecule has 0 N–H and O–H groups in total. The van der Waals surface area contributed by atoms with Gasteiger partial charge < -0.3 is 0 Å². The average molecular weight is 212 g/mol. The Kier molecular flexibility index (Phi) is 4.99. The zero-order valence-corrected chi connectivity index (χ0v) is 9.67. The predicted octanol–water partition coefficient (Wildman–Crippen LogP) is 3.14. The third-order valence-electron chi connectivity index (χ3n) is 2.21. The topological polar surface area (TPSA) is 3.24 Å². The van der Waals surface area contributed by atoms with Crippen molar-refractivity contribution in [3.63, 3.8) is 0 Å². The Bertz CT molecular complexity index is 246. The van der Waals surface area contributed by atoms with Gasteiger partial charge >= 0.3 is 0 Å². The van der Waals surface area contributed by atoms with Crippen molar-refractivity contribution < 1.29 is 0 Å². The number of hydrogen-bond donors (Lipinski definition) is 0. The number of hydrogen-bond acceptors (Lipinski definition) is 1. The van der Waals surface area contributed by atoms with Crippen molar-refractivity contribution in [1.82, 2.24) is 4.90 Å². The minimum atomic E-state index is 0.221. The van der Waals surface area contributed by atoms with Crippen LogP contribution in [0.5, 0.6) is 0 Å². The molecule has 0 radical (unpaired) electrons. The highest BCUT2D eigenvalue weighted by Gasteiger charge is 2.06. The summed E-state index contributed by atoms with van der Waals surface area (Å²) < 4.78 is 0. The van der Waals surface area contributed by atoms with Crippen molar-refractivity contribution in [3.05, 3.63) is 35.9 Å². The molecule has 1 rings (SSSR count). The number of rotatable bonds is 5. The highest BCUT2D eigenvalue weighted by Crippen LogP contribution is 2.06. The monoisotopic (exact) mass is 211 g/mol. The largest absolute Gasteiger partial charge is 0.298 e. The molecule has 0 spiro atoms. The highest BCUT2D eigenvalue weighted by molar-refractivity contribution is 6.20. The van der Waals surface area contributed by atoms with Crippen LogP contribution >= 0.6 is 11.6 Å². The molecule has 78 valence electrons. The van der Waals surface area contributed by atoms with Crippen LogP contribution in [0.25, 0.3) is 0 Å². The minimum Gasteiger partial charge on any atom is -0.298 e. The maximum absolute atomic E-state index is 5.98. The Morgan fingerprint density at radius 1 is 1.29 bits per heavy atom. The Balaban J connectivity index is 2.48. The Morgan fingerprint density at radius 2 is 1.93 bits per heavy atom. The summed E-state index contributed by atoms with van der Waals surface area (Å²) in [4.78, 5) is 2.35. The van der Waals surface area contributed by atoms with Gasteiger partial charge in [0.1, 0.15) is 0 Å². The molecule has 0 aromatic heterocycles. The first-order chi connectivity index (χ1) is 6.72. The molecular formula is C12H18ClN. The molecule has 0 amide bonds. The van der Waals surface area contributed by atoms with Crippen molar-refractivity contribution in [1.29, 1.82) is 0 Å². The van der Waals surface area contributed by atoms with E-state index in [1.54, 1.807) is 0 Å². The first kappa shape index (κ1) is 11.5. The van der Waals surface area contributed by atoms with Gasteiger partial charge in [0.25, 0.3) is 0 Å². The quantitative estimate of drug-likeness (QED) is 0.677. The minimum absolute atomic E-state index is 0.221. The van der Waals surface area contributed by atoms with Gasteiger partial charge in [-0.3, -0.25) is 4.90 Å². The summed E-state index contributed by atoms with van der Waals surface area (Å²) in [5, 5.41) is 0.221. The third kappa shape index (κ3) is 4.12. The number of halogens is 1. The van der Waals surface area contributed by atoms with E-state index in [0.29, 0.717) is 0 Å². The van der Waals surface area contributed by atoms with Crippen molar-refractivity contribution in [2.24, 2.45) is 0 Å². The number of alkyl halides is 1. The first-order valence-corrected chi connectivity index (χ1v) is 5.56. The lowest BCUT2D eigenvalue weighted by atomic mass is 10.2. The van der Waals surface area contributed by atoms with Crippen molar-refractivity contribution >= 4 is 11.6 Å². The van der Waals surface area contributed by atoms with Crippen LogP contribution in [0.15, 0.2) is 30.3 Å². The average Bonchev–Trinajstić information content (AvgIpc) is 2.17. The van der Waals surface area contributed by atoms with Crippen LogP contribution < -0.4 is 0 Å². The van der Waals surface area contributed by atoms with Crippen LogP contribution in [0.1, 0.15) is 19.4 Å². The molecule has 1 aromatic rings. The van der Waals surface area contributed by atoms with Crippen LogP contribution in [0.4, 0.5) is 0 Å². The van der Waals surface area contributed by atoms with E-state index in [0.717, 1.165) is 19.6 Å². The number of benzene rings is 1. The Labute approximate surface area is 91.7 Å². The van der Waals surface area contributed by atoms with E-state index in [1.807, 2.05) is 13.0 Å². The maximum Gasteiger partial charge on any atom is 0.0435 e. The predicted molar refractivity (Wildman–Crippen MR) is 62.7 cm³/mol. The van der Waals surface area contributed by atoms with Gasteiger partial charge in [0.05, 0.1) is 0 Å². The molecule has 0 aliphatic heterocycles. The summed E-state index contributed by atoms with van der Waals surface area (Å²) in [6.07, 6.45) is 0. The van der Waals surface area contributed by atoms with Gasteiger partial charge in [-0.25, -0.2) is 0 Å². The molecule has 0 saturated carbocycles. The fourth-order valence-corrected chi connectivity index (χ4v) is 1.70. The van der Waals surface area contributed by atoms with Crippen LogP contribution in [0, 0.1) is 0 Å². The van der Waals surface area contributed by atoms with Crippen LogP contribution in [-0.4, -0.2) is 23.4 Å². The van der Waals surface area contributed by atoms with E-state index >= 15 is 0 Å². The zero-order valence-electron chi connectivity index (χ0n) is 8.91. The second-order valence-electron chi connectivity index (χ2n) is 3.59. The second-order valence-corrected chi connectivity index (χ2v) is 4.34. The van der Waals surface area contributed by atoms with Gasteiger partial charge in [-0.15, -0.1) is 11.6 Å².